The average molecular weight is 256 g/mol. The van der Waals surface area contributed by atoms with Crippen molar-refractivity contribution in [1.82, 2.24) is 5.32 Å². The molecule has 0 saturated heterocycles. The second-order valence-electron chi connectivity index (χ2n) is 3.78. The van der Waals surface area contributed by atoms with Crippen molar-refractivity contribution in [2.24, 2.45) is 0 Å². The standard InChI is InChI=1S/C12H18ClN3O/c1-3-4-5-16-12(17)8-6-10(14)11(15-2)7-9(8)13/h6-7,15H,3-5,14H2,1-2H3,(H,16,17). The number of halogens is 1. The molecule has 4 nitrogen and oxygen atoms in total. The van der Waals surface area contributed by atoms with Crippen LogP contribution in [0.5, 0.6) is 0 Å². The Morgan fingerprint density at radius 1 is 1.47 bits per heavy atom. The van der Waals surface area contributed by atoms with Crippen LogP contribution in [0.15, 0.2) is 12.1 Å². The van der Waals surface area contributed by atoms with E-state index in [1.54, 1.807) is 19.2 Å². The summed E-state index contributed by atoms with van der Waals surface area (Å²) >= 11 is 6.03. The average Bonchev–Trinajstić information content (AvgIpc) is 2.31. The first-order valence-corrected chi connectivity index (χ1v) is 6.03. The fourth-order valence-corrected chi connectivity index (χ4v) is 1.70. The topological polar surface area (TPSA) is 67.2 Å². The van der Waals surface area contributed by atoms with Crippen LogP contribution >= 0.6 is 11.6 Å². The highest BCUT2D eigenvalue weighted by Crippen LogP contribution is 2.26. The Morgan fingerprint density at radius 3 is 2.76 bits per heavy atom. The van der Waals surface area contributed by atoms with E-state index in [0.717, 1.165) is 18.5 Å². The molecule has 0 saturated carbocycles. The maximum Gasteiger partial charge on any atom is 0.252 e. The summed E-state index contributed by atoms with van der Waals surface area (Å²) in [6.07, 6.45) is 1.99. The van der Waals surface area contributed by atoms with Crippen LogP contribution in [0.1, 0.15) is 30.1 Å². The Labute approximate surface area is 107 Å². The summed E-state index contributed by atoms with van der Waals surface area (Å²) in [6.45, 7) is 2.72. The molecule has 17 heavy (non-hydrogen) atoms. The van der Waals surface area contributed by atoms with Crippen molar-refractivity contribution < 1.29 is 4.79 Å². The molecule has 0 aliphatic heterocycles. The Bertz CT molecular complexity index is 407. The first-order chi connectivity index (χ1) is 8.10. The third-order valence-electron chi connectivity index (χ3n) is 2.47. The molecular weight excluding hydrogens is 238 g/mol. The van der Waals surface area contributed by atoms with Crippen molar-refractivity contribution in [3.63, 3.8) is 0 Å². The number of nitrogens with one attached hydrogen (secondary N) is 2. The minimum Gasteiger partial charge on any atom is -0.397 e. The molecule has 1 aromatic rings. The number of carbonyl (C=O) groups excluding carboxylic acids is 1. The summed E-state index contributed by atoms with van der Waals surface area (Å²) < 4.78 is 0. The highest BCUT2D eigenvalue weighted by molar-refractivity contribution is 6.34. The lowest BCUT2D eigenvalue weighted by atomic mass is 10.1. The largest absolute Gasteiger partial charge is 0.397 e. The van der Waals surface area contributed by atoms with Gasteiger partial charge in [-0.3, -0.25) is 4.79 Å². The number of benzene rings is 1. The molecule has 0 heterocycles. The van der Waals surface area contributed by atoms with Gasteiger partial charge in [-0.2, -0.15) is 0 Å². The number of unbranched alkanes of at least 4 members (excludes halogenated alkanes) is 1. The van der Waals surface area contributed by atoms with Gasteiger partial charge in [-0.05, 0) is 18.6 Å². The molecule has 0 bridgehead atoms. The van der Waals surface area contributed by atoms with E-state index in [4.69, 9.17) is 17.3 Å². The van der Waals surface area contributed by atoms with Gasteiger partial charge in [0, 0.05) is 13.6 Å². The van der Waals surface area contributed by atoms with Crippen molar-refractivity contribution in [2.45, 2.75) is 19.8 Å². The van der Waals surface area contributed by atoms with Gasteiger partial charge in [-0.1, -0.05) is 24.9 Å². The molecule has 0 aliphatic carbocycles. The van der Waals surface area contributed by atoms with Gasteiger partial charge in [0.1, 0.15) is 0 Å². The first-order valence-electron chi connectivity index (χ1n) is 5.65. The number of nitrogens with two attached hydrogens (primary N) is 1. The van der Waals surface area contributed by atoms with Crippen LogP contribution in [-0.2, 0) is 0 Å². The molecule has 0 spiro atoms. The van der Waals surface area contributed by atoms with Gasteiger partial charge >= 0.3 is 0 Å². The van der Waals surface area contributed by atoms with E-state index in [1.807, 2.05) is 0 Å². The molecule has 0 aromatic heterocycles. The van der Waals surface area contributed by atoms with E-state index >= 15 is 0 Å². The van der Waals surface area contributed by atoms with Crippen molar-refractivity contribution in [3.8, 4) is 0 Å². The smallest absolute Gasteiger partial charge is 0.252 e. The highest BCUT2D eigenvalue weighted by atomic mass is 35.5. The Balaban J connectivity index is 2.83. The Hall–Kier alpha value is -1.42. The number of hydrogen-bond donors (Lipinski definition) is 3. The molecule has 1 aromatic carbocycles. The minimum atomic E-state index is -0.183. The molecule has 0 radical (unpaired) electrons. The number of rotatable bonds is 5. The molecule has 0 fully saturated rings. The molecular formula is C12H18ClN3O. The molecule has 94 valence electrons. The van der Waals surface area contributed by atoms with E-state index in [-0.39, 0.29) is 5.91 Å². The van der Waals surface area contributed by atoms with E-state index in [1.165, 1.54) is 0 Å². The summed E-state index contributed by atoms with van der Waals surface area (Å²) in [6, 6.07) is 3.25. The maximum absolute atomic E-state index is 11.8. The monoisotopic (exact) mass is 255 g/mol. The molecule has 0 aliphatic rings. The van der Waals surface area contributed by atoms with E-state index in [2.05, 4.69) is 17.6 Å². The normalized spacial score (nSPS) is 10.1. The quantitative estimate of drug-likeness (QED) is 0.559. The summed E-state index contributed by atoms with van der Waals surface area (Å²) in [5.41, 5.74) is 7.44. The second-order valence-corrected chi connectivity index (χ2v) is 4.19. The number of hydrogen-bond acceptors (Lipinski definition) is 3. The van der Waals surface area contributed by atoms with Gasteiger partial charge < -0.3 is 16.4 Å². The SMILES string of the molecule is CCCCNC(=O)c1cc(N)c(NC)cc1Cl. The highest BCUT2D eigenvalue weighted by Gasteiger charge is 2.12. The summed E-state index contributed by atoms with van der Waals surface area (Å²) in [5.74, 6) is -0.183. The van der Waals surface area contributed by atoms with Crippen molar-refractivity contribution >= 4 is 28.9 Å². The number of anilines is 2. The molecule has 4 N–H and O–H groups in total. The zero-order valence-corrected chi connectivity index (χ0v) is 10.9. The van der Waals surface area contributed by atoms with Crippen LogP contribution in [0, 0.1) is 0 Å². The molecule has 5 heteroatoms. The van der Waals surface area contributed by atoms with Crippen LogP contribution in [-0.4, -0.2) is 19.5 Å². The van der Waals surface area contributed by atoms with Crippen LogP contribution in [0.4, 0.5) is 11.4 Å². The lowest BCUT2D eigenvalue weighted by Crippen LogP contribution is -2.24. The van der Waals surface area contributed by atoms with Crippen LogP contribution < -0.4 is 16.4 Å². The van der Waals surface area contributed by atoms with Crippen LogP contribution in [0.2, 0.25) is 5.02 Å². The van der Waals surface area contributed by atoms with Gasteiger partial charge in [-0.15, -0.1) is 0 Å². The van der Waals surface area contributed by atoms with Crippen LogP contribution in [0.3, 0.4) is 0 Å². The number of carbonyl (C=O) groups is 1. The number of amides is 1. The molecule has 0 atom stereocenters. The third kappa shape index (κ3) is 3.53. The first kappa shape index (κ1) is 13.6. The lowest BCUT2D eigenvalue weighted by Gasteiger charge is -2.10. The van der Waals surface area contributed by atoms with Gasteiger partial charge in [0.15, 0.2) is 0 Å². The molecule has 1 rings (SSSR count). The Kier molecular flexibility index (Phi) is 5.10. The summed E-state index contributed by atoms with van der Waals surface area (Å²) in [4.78, 5) is 11.8. The molecule has 0 unspecified atom stereocenters. The summed E-state index contributed by atoms with van der Waals surface area (Å²) in [5, 5.41) is 6.12. The molecule has 1 amide bonds. The van der Waals surface area contributed by atoms with E-state index < -0.39 is 0 Å². The predicted molar refractivity (Wildman–Crippen MR) is 72.7 cm³/mol. The lowest BCUT2D eigenvalue weighted by molar-refractivity contribution is 0.0953. The van der Waals surface area contributed by atoms with Gasteiger partial charge in [0.05, 0.1) is 22.0 Å². The summed E-state index contributed by atoms with van der Waals surface area (Å²) in [7, 11) is 1.75. The number of nitrogen functional groups attached to an aromatic ring is 1. The maximum atomic E-state index is 11.8. The second kappa shape index (κ2) is 6.35. The van der Waals surface area contributed by atoms with Crippen LogP contribution in [0.25, 0.3) is 0 Å². The fourth-order valence-electron chi connectivity index (χ4n) is 1.45. The Morgan fingerprint density at radius 2 is 2.18 bits per heavy atom. The van der Waals surface area contributed by atoms with Crippen molar-refractivity contribution in [3.05, 3.63) is 22.7 Å². The zero-order valence-electron chi connectivity index (χ0n) is 10.1. The minimum absolute atomic E-state index is 0.183. The van der Waals surface area contributed by atoms with Crippen molar-refractivity contribution in [2.75, 3.05) is 24.6 Å². The fraction of sp³-hybridized carbons (Fsp3) is 0.417. The van der Waals surface area contributed by atoms with Crippen molar-refractivity contribution in [1.29, 1.82) is 0 Å². The van der Waals surface area contributed by atoms with Gasteiger partial charge in [-0.25, -0.2) is 0 Å². The van der Waals surface area contributed by atoms with Gasteiger partial charge in [0.2, 0.25) is 0 Å². The van der Waals surface area contributed by atoms with E-state index in [9.17, 15) is 4.79 Å². The van der Waals surface area contributed by atoms with E-state index in [0.29, 0.717) is 22.8 Å². The predicted octanol–water partition coefficient (Wildman–Crippen LogP) is 2.49. The third-order valence-corrected chi connectivity index (χ3v) is 2.78. The van der Waals surface area contributed by atoms with Gasteiger partial charge in [0.25, 0.3) is 5.91 Å². The zero-order chi connectivity index (χ0) is 12.8.